The summed E-state index contributed by atoms with van der Waals surface area (Å²) in [6.07, 6.45) is 0. The number of carbonyl (C=O) groups excluding carboxylic acids is 1. The number of benzene rings is 2. The van der Waals surface area contributed by atoms with E-state index in [9.17, 15) is 9.18 Å². The summed E-state index contributed by atoms with van der Waals surface area (Å²) in [6, 6.07) is 11.4. The maximum absolute atomic E-state index is 12.9. The van der Waals surface area contributed by atoms with Gasteiger partial charge in [0, 0.05) is 10.8 Å². The van der Waals surface area contributed by atoms with Crippen LogP contribution in [0.2, 0.25) is 5.02 Å². The van der Waals surface area contributed by atoms with Crippen LogP contribution in [-0.2, 0) is 10.5 Å². The molecule has 0 spiro atoms. The van der Waals surface area contributed by atoms with E-state index >= 15 is 0 Å². The van der Waals surface area contributed by atoms with Gasteiger partial charge in [0.25, 0.3) is 0 Å². The summed E-state index contributed by atoms with van der Waals surface area (Å²) in [5.41, 5.74) is 7.24. The van der Waals surface area contributed by atoms with Gasteiger partial charge in [0.05, 0.1) is 17.1 Å². The summed E-state index contributed by atoms with van der Waals surface area (Å²) in [4.78, 5) is 11.8. The minimum Gasteiger partial charge on any atom is -0.397 e. The first-order valence-corrected chi connectivity index (χ1v) is 7.75. The summed E-state index contributed by atoms with van der Waals surface area (Å²) in [5, 5.41) is 3.34. The van der Waals surface area contributed by atoms with E-state index in [2.05, 4.69) is 5.32 Å². The van der Waals surface area contributed by atoms with E-state index < -0.39 is 5.82 Å². The van der Waals surface area contributed by atoms with Gasteiger partial charge in [-0.1, -0.05) is 29.8 Å². The zero-order chi connectivity index (χ0) is 15.2. The molecule has 0 aromatic heterocycles. The first-order valence-electron chi connectivity index (χ1n) is 6.22. The van der Waals surface area contributed by atoms with Crippen LogP contribution in [0, 0.1) is 5.82 Å². The highest BCUT2D eigenvalue weighted by molar-refractivity contribution is 7.99. The third kappa shape index (κ3) is 4.65. The lowest BCUT2D eigenvalue weighted by molar-refractivity contribution is -0.113. The quantitative estimate of drug-likeness (QED) is 0.819. The molecule has 0 unspecified atom stereocenters. The van der Waals surface area contributed by atoms with Gasteiger partial charge < -0.3 is 11.1 Å². The largest absolute Gasteiger partial charge is 0.397 e. The van der Waals surface area contributed by atoms with Crippen LogP contribution >= 0.6 is 23.4 Å². The van der Waals surface area contributed by atoms with Gasteiger partial charge in [-0.3, -0.25) is 4.79 Å². The molecule has 0 radical (unpaired) electrons. The summed E-state index contributed by atoms with van der Waals surface area (Å²) < 4.78 is 12.9. The maximum Gasteiger partial charge on any atom is 0.234 e. The Morgan fingerprint density at radius 3 is 2.76 bits per heavy atom. The lowest BCUT2D eigenvalue weighted by atomic mass is 10.2. The highest BCUT2D eigenvalue weighted by Crippen LogP contribution is 2.22. The fourth-order valence-electron chi connectivity index (χ4n) is 1.70. The van der Waals surface area contributed by atoms with E-state index in [0.29, 0.717) is 16.5 Å². The van der Waals surface area contributed by atoms with Crippen LogP contribution in [0.4, 0.5) is 15.8 Å². The van der Waals surface area contributed by atoms with Crippen molar-refractivity contribution in [1.82, 2.24) is 0 Å². The van der Waals surface area contributed by atoms with Crippen LogP contribution in [0.1, 0.15) is 5.56 Å². The molecule has 0 saturated heterocycles. The predicted octanol–water partition coefficient (Wildman–Crippen LogP) is 3.93. The Kier molecular flexibility index (Phi) is 5.47. The second-order valence-electron chi connectivity index (χ2n) is 4.36. The highest BCUT2D eigenvalue weighted by atomic mass is 35.5. The number of rotatable bonds is 5. The highest BCUT2D eigenvalue weighted by Gasteiger charge is 2.07. The molecule has 0 saturated carbocycles. The van der Waals surface area contributed by atoms with Crippen molar-refractivity contribution in [3.63, 3.8) is 0 Å². The standard InChI is InChI=1S/C15H14ClFN2OS/c16-12-4-2-1-3-10(12)8-21-9-15(20)19-14-6-5-11(17)7-13(14)18/h1-7H,8-9,18H2,(H,19,20). The number of hydrogen-bond donors (Lipinski definition) is 2. The number of carbonyl (C=O) groups is 1. The number of amides is 1. The van der Waals surface area contributed by atoms with Gasteiger partial charge in [-0.2, -0.15) is 0 Å². The van der Waals surface area contributed by atoms with Crippen LogP contribution < -0.4 is 11.1 Å². The van der Waals surface area contributed by atoms with Crippen LogP contribution in [0.5, 0.6) is 0 Å². The van der Waals surface area contributed by atoms with Crippen molar-refractivity contribution < 1.29 is 9.18 Å². The number of anilines is 2. The predicted molar refractivity (Wildman–Crippen MR) is 87.1 cm³/mol. The topological polar surface area (TPSA) is 55.1 Å². The molecule has 0 bridgehead atoms. The summed E-state index contributed by atoms with van der Waals surface area (Å²) >= 11 is 7.48. The van der Waals surface area contributed by atoms with Crippen molar-refractivity contribution in [2.75, 3.05) is 16.8 Å². The number of hydrogen-bond acceptors (Lipinski definition) is 3. The van der Waals surface area contributed by atoms with Gasteiger partial charge in [0.15, 0.2) is 0 Å². The molecule has 1 amide bonds. The fourth-order valence-corrected chi connectivity index (χ4v) is 2.82. The SMILES string of the molecule is Nc1cc(F)ccc1NC(=O)CSCc1ccccc1Cl. The molecule has 110 valence electrons. The van der Waals surface area contributed by atoms with E-state index in [1.165, 1.54) is 30.0 Å². The molecule has 2 aromatic rings. The normalized spacial score (nSPS) is 10.4. The minimum atomic E-state index is -0.432. The number of thioether (sulfide) groups is 1. The average Bonchev–Trinajstić information content (AvgIpc) is 2.44. The van der Waals surface area contributed by atoms with Gasteiger partial charge in [-0.05, 0) is 29.8 Å². The molecule has 0 heterocycles. The Hall–Kier alpha value is -1.72. The zero-order valence-electron chi connectivity index (χ0n) is 11.1. The van der Waals surface area contributed by atoms with Crippen LogP contribution in [0.3, 0.4) is 0 Å². The molecule has 3 nitrogen and oxygen atoms in total. The van der Waals surface area contributed by atoms with Crippen molar-refractivity contribution in [2.24, 2.45) is 0 Å². The molecule has 0 fully saturated rings. The number of nitrogen functional groups attached to an aromatic ring is 1. The molecule has 21 heavy (non-hydrogen) atoms. The Morgan fingerprint density at radius 2 is 2.05 bits per heavy atom. The molecule has 2 aromatic carbocycles. The lowest BCUT2D eigenvalue weighted by Crippen LogP contribution is -2.15. The van der Waals surface area contributed by atoms with Crippen molar-refractivity contribution in [2.45, 2.75) is 5.75 Å². The van der Waals surface area contributed by atoms with Crippen molar-refractivity contribution in [3.05, 3.63) is 58.9 Å². The summed E-state index contributed by atoms with van der Waals surface area (Å²) in [7, 11) is 0. The monoisotopic (exact) mass is 324 g/mol. The number of halogens is 2. The van der Waals surface area contributed by atoms with Gasteiger partial charge >= 0.3 is 0 Å². The Bertz CT molecular complexity index is 651. The second-order valence-corrected chi connectivity index (χ2v) is 5.76. The smallest absolute Gasteiger partial charge is 0.234 e. The van der Waals surface area contributed by atoms with Crippen molar-refractivity contribution in [1.29, 1.82) is 0 Å². The third-order valence-electron chi connectivity index (χ3n) is 2.74. The van der Waals surface area contributed by atoms with E-state index in [4.69, 9.17) is 17.3 Å². The molecule has 0 aliphatic heterocycles. The van der Waals surface area contributed by atoms with Gasteiger partial charge in [0.2, 0.25) is 5.91 Å². The molecule has 0 aliphatic carbocycles. The molecule has 3 N–H and O–H groups in total. The number of nitrogens with one attached hydrogen (secondary N) is 1. The van der Waals surface area contributed by atoms with Crippen LogP contribution in [0.15, 0.2) is 42.5 Å². The second kappa shape index (κ2) is 7.33. The summed E-state index contributed by atoms with van der Waals surface area (Å²) in [5.74, 6) is 0.289. The van der Waals surface area contributed by atoms with Gasteiger partial charge in [-0.25, -0.2) is 4.39 Å². The number of nitrogens with two attached hydrogens (primary N) is 1. The van der Waals surface area contributed by atoms with Gasteiger partial charge in [-0.15, -0.1) is 11.8 Å². The van der Waals surface area contributed by atoms with Gasteiger partial charge in [0.1, 0.15) is 5.82 Å². The van der Waals surface area contributed by atoms with Crippen molar-refractivity contribution in [3.8, 4) is 0 Å². The molecule has 2 rings (SSSR count). The molecular weight excluding hydrogens is 311 g/mol. The van der Waals surface area contributed by atoms with Crippen LogP contribution in [0.25, 0.3) is 0 Å². The molecular formula is C15H14ClFN2OS. The molecule has 0 atom stereocenters. The molecule has 0 aliphatic rings. The zero-order valence-corrected chi connectivity index (χ0v) is 12.7. The van der Waals surface area contributed by atoms with Crippen LogP contribution in [-0.4, -0.2) is 11.7 Å². The maximum atomic E-state index is 12.9. The Morgan fingerprint density at radius 1 is 1.29 bits per heavy atom. The third-order valence-corrected chi connectivity index (χ3v) is 4.09. The first kappa shape index (κ1) is 15.7. The van der Waals surface area contributed by atoms with E-state index in [1.807, 2.05) is 24.3 Å². The Labute approximate surface area is 131 Å². The van der Waals surface area contributed by atoms with E-state index in [0.717, 1.165) is 5.56 Å². The van der Waals surface area contributed by atoms with E-state index in [-0.39, 0.29) is 17.3 Å². The fraction of sp³-hybridized carbons (Fsp3) is 0.133. The van der Waals surface area contributed by atoms with E-state index in [1.54, 1.807) is 0 Å². The summed E-state index contributed by atoms with van der Waals surface area (Å²) in [6.45, 7) is 0. The minimum absolute atomic E-state index is 0.189. The average molecular weight is 325 g/mol. The first-order chi connectivity index (χ1) is 10.1. The Balaban J connectivity index is 1.84. The molecule has 6 heteroatoms. The lowest BCUT2D eigenvalue weighted by Gasteiger charge is -2.08. The van der Waals surface area contributed by atoms with Crippen molar-refractivity contribution >= 4 is 40.6 Å².